The van der Waals surface area contributed by atoms with Gasteiger partial charge in [0.25, 0.3) is 0 Å². The average molecular weight is 490 g/mol. The normalized spacial score (nSPS) is 25.0. The number of rotatable bonds is 14. The van der Waals surface area contributed by atoms with Gasteiger partial charge in [-0.25, -0.2) is 0 Å². The van der Waals surface area contributed by atoms with Crippen molar-refractivity contribution in [1.29, 1.82) is 0 Å². The van der Waals surface area contributed by atoms with Crippen LogP contribution in [0.15, 0.2) is 12.2 Å². The summed E-state index contributed by atoms with van der Waals surface area (Å²) < 4.78 is 5.61. The summed E-state index contributed by atoms with van der Waals surface area (Å²) in [7, 11) is 0. The molecule has 2 fully saturated rings. The van der Waals surface area contributed by atoms with Crippen LogP contribution < -0.4 is 5.32 Å². The van der Waals surface area contributed by atoms with Crippen molar-refractivity contribution in [2.45, 2.75) is 84.8 Å². The van der Waals surface area contributed by atoms with Gasteiger partial charge in [-0.15, -0.1) is 0 Å². The van der Waals surface area contributed by atoms with Gasteiger partial charge in [-0.1, -0.05) is 18.6 Å². The highest BCUT2D eigenvalue weighted by Crippen LogP contribution is 2.52. The van der Waals surface area contributed by atoms with Crippen molar-refractivity contribution in [3.63, 3.8) is 0 Å². The molecule has 0 aromatic heterocycles. The van der Waals surface area contributed by atoms with Gasteiger partial charge >= 0.3 is 0 Å². The first kappa shape index (κ1) is 27.4. The van der Waals surface area contributed by atoms with Gasteiger partial charge in [0.2, 0.25) is 23.6 Å². The first-order valence-electron chi connectivity index (χ1n) is 13.3. The van der Waals surface area contributed by atoms with E-state index in [4.69, 9.17) is 4.74 Å². The Bertz CT molecular complexity index is 807. The molecule has 0 spiro atoms. The molecule has 1 saturated carbocycles. The second kappa shape index (κ2) is 11.7. The Hall–Kier alpha value is -2.22. The third kappa shape index (κ3) is 6.72. The lowest BCUT2D eigenvalue weighted by molar-refractivity contribution is -0.141. The van der Waals surface area contributed by atoms with E-state index < -0.39 is 5.54 Å². The summed E-state index contributed by atoms with van der Waals surface area (Å²) in [6, 6.07) is 0. The molecular formula is C27H43N3O5. The van der Waals surface area contributed by atoms with E-state index in [1.807, 2.05) is 34.6 Å². The highest BCUT2D eigenvalue weighted by atomic mass is 16.5. The van der Waals surface area contributed by atoms with Gasteiger partial charge in [-0.2, -0.15) is 0 Å². The minimum Gasteiger partial charge on any atom is -0.376 e. The lowest BCUT2D eigenvalue weighted by Crippen LogP contribution is -2.48. The van der Waals surface area contributed by atoms with Crippen LogP contribution in [0.25, 0.3) is 0 Å². The number of unbranched alkanes of at least 4 members (excludes halogenated alkanes) is 2. The predicted molar refractivity (Wildman–Crippen MR) is 133 cm³/mol. The third-order valence-corrected chi connectivity index (χ3v) is 7.43. The molecule has 4 amide bonds. The van der Waals surface area contributed by atoms with E-state index in [9.17, 15) is 19.2 Å². The van der Waals surface area contributed by atoms with Crippen LogP contribution in [0.2, 0.25) is 0 Å². The number of allylic oxidation sites excluding steroid dienone is 2. The summed E-state index contributed by atoms with van der Waals surface area (Å²) in [5.41, 5.74) is -0.463. The number of ether oxygens (including phenoxy) is 1. The van der Waals surface area contributed by atoms with Crippen molar-refractivity contribution in [3.8, 4) is 0 Å². The monoisotopic (exact) mass is 489 g/mol. The maximum absolute atomic E-state index is 12.7. The van der Waals surface area contributed by atoms with Crippen molar-refractivity contribution in [1.82, 2.24) is 15.1 Å². The Balaban J connectivity index is 1.32. The van der Waals surface area contributed by atoms with E-state index in [1.54, 1.807) is 4.90 Å². The van der Waals surface area contributed by atoms with E-state index in [2.05, 4.69) is 17.5 Å². The van der Waals surface area contributed by atoms with Crippen LogP contribution in [-0.2, 0) is 23.9 Å². The first-order chi connectivity index (χ1) is 16.5. The number of hydrogen-bond donors (Lipinski definition) is 1. The van der Waals surface area contributed by atoms with Crippen molar-refractivity contribution in [2.75, 3.05) is 26.2 Å². The van der Waals surface area contributed by atoms with Crippen LogP contribution in [0.4, 0.5) is 0 Å². The van der Waals surface area contributed by atoms with Gasteiger partial charge in [0.1, 0.15) is 0 Å². The van der Waals surface area contributed by atoms with Crippen molar-refractivity contribution in [3.05, 3.63) is 12.2 Å². The molecule has 2 aliphatic carbocycles. The summed E-state index contributed by atoms with van der Waals surface area (Å²) in [6.45, 7) is 11.5. The summed E-state index contributed by atoms with van der Waals surface area (Å²) >= 11 is 0. The second-order valence-electron chi connectivity index (χ2n) is 11.2. The fraction of sp³-hybridized carbons (Fsp3) is 0.778. The highest BCUT2D eigenvalue weighted by molar-refractivity contribution is 6.06. The molecule has 8 heteroatoms. The topological polar surface area (TPSA) is 96.0 Å². The number of carbonyl (C=O) groups excluding carboxylic acids is 4. The Kier molecular flexibility index (Phi) is 9.13. The van der Waals surface area contributed by atoms with Gasteiger partial charge < -0.3 is 15.0 Å². The quantitative estimate of drug-likeness (QED) is 0.230. The van der Waals surface area contributed by atoms with Crippen molar-refractivity contribution < 1.29 is 23.9 Å². The number of fused-ring (bicyclic) bond motifs is 5. The maximum Gasteiger partial charge on any atom is 0.233 e. The zero-order chi connectivity index (χ0) is 25.8. The number of hydrogen-bond acceptors (Lipinski definition) is 5. The first-order valence-corrected chi connectivity index (χ1v) is 13.3. The van der Waals surface area contributed by atoms with Gasteiger partial charge in [-0.05, 0) is 65.7 Å². The Labute approximate surface area is 209 Å². The van der Waals surface area contributed by atoms with Gasteiger partial charge in [0, 0.05) is 32.5 Å². The number of nitrogens with zero attached hydrogens (tertiary/aromatic N) is 2. The van der Waals surface area contributed by atoms with E-state index >= 15 is 0 Å². The van der Waals surface area contributed by atoms with Gasteiger partial charge in [0.15, 0.2) is 0 Å². The number of carbonyl (C=O) groups is 4. The molecule has 8 nitrogen and oxygen atoms in total. The zero-order valence-electron chi connectivity index (χ0n) is 22.0. The fourth-order valence-corrected chi connectivity index (χ4v) is 5.61. The summed E-state index contributed by atoms with van der Waals surface area (Å²) in [4.78, 5) is 53.7. The van der Waals surface area contributed by atoms with Crippen LogP contribution >= 0.6 is 0 Å². The number of imide groups is 1. The van der Waals surface area contributed by atoms with Crippen molar-refractivity contribution >= 4 is 23.6 Å². The van der Waals surface area contributed by atoms with Gasteiger partial charge in [-0.3, -0.25) is 24.1 Å². The molecule has 3 rings (SSSR count). The lowest BCUT2D eigenvalue weighted by atomic mass is 9.85. The molecule has 3 aliphatic rings. The van der Waals surface area contributed by atoms with Crippen LogP contribution in [0.1, 0.15) is 73.1 Å². The smallest absolute Gasteiger partial charge is 0.233 e. The molecule has 4 unspecified atom stereocenters. The predicted octanol–water partition coefficient (Wildman–Crippen LogP) is 2.91. The van der Waals surface area contributed by atoms with Crippen LogP contribution in [-0.4, -0.2) is 71.3 Å². The molecular weight excluding hydrogens is 446 g/mol. The molecule has 0 radical (unpaired) electrons. The SMILES string of the molecule is CCN(CCC(=O)NC(C)(C)COC(C)C)C(=O)CCCCCN1C(=O)C2C3C=CC(C3)C2C1=O. The molecule has 0 aromatic carbocycles. The van der Waals surface area contributed by atoms with E-state index in [0.29, 0.717) is 39.1 Å². The summed E-state index contributed by atoms with van der Waals surface area (Å²) in [5.74, 6) is 0.154. The van der Waals surface area contributed by atoms with E-state index in [-0.39, 0.29) is 59.8 Å². The Morgan fingerprint density at radius 3 is 2.29 bits per heavy atom. The van der Waals surface area contributed by atoms with Crippen LogP contribution in [0.5, 0.6) is 0 Å². The van der Waals surface area contributed by atoms with E-state index in [1.165, 1.54) is 4.90 Å². The zero-order valence-corrected chi connectivity index (χ0v) is 22.0. The molecule has 1 aliphatic heterocycles. The van der Waals surface area contributed by atoms with E-state index in [0.717, 1.165) is 19.3 Å². The molecule has 35 heavy (non-hydrogen) atoms. The van der Waals surface area contributed by atoms with Crippen molar-refractivity contribution in [2.24, 2.45) is 23.7 Å². The fourth-order valence-electron chi connectivity index (χ4n) is 5.61. The molecule has 4 atom stereocenters. The largest absolute Gasteiger partial charge is 0.376 e. The number of likely N-dealkylation sites (tertiary alicyclic amines) is 1. The standard InChI is InChI=1S/C27H43N3O5/c1-6-29(15-13-21(31)28-27(4,5)17-35-18(2)3)22(32)10-8-7-9-14-30-25(33)23-19-11-12-20(16-19)24(23)26(30)34/h11-12,18-20,23-24H,6-10,13-17H2,1-5H3,(H,28,31). The molecule has 0 aromatic rings. The third-order valence-electron chi connectivity index (χ3n) is 7.43. The molecule has 2 bridgehead atoms. The molecule has 196 valence electrons. The second-order valence-corrected chi connectivity index (χ2v) is 11.2. The molecule has 1 N–H and O–H groups in total. The number of amides is 4. The Morgan fingerprint density at radius 2 is 1.71 bits per heavy atom. The Morgan fingerprint density at radius 1 is 1.09 bits per heavy atom. The highest BCUT2D eigenvalue weighted by Gasteiger charge is 2.58. The maximum atomic E-state index is 12.7. The molecule has 1 saturated heterocycles. The minimum absolute atomic E-state index is 0.00214. The average Bonchev–Trinajstić information content (AvgIpc) is 3.47. The summed E-state index contributed by atoms with van der Waals surface area (Å²) in [6.07, 6.45) is 8.13. The number of nitrogens with one attached hydrogen (secondary N) is 1. The molecule has 1 heterocycles. The van der Waals surface area contributed by atoms with Crippen LogP contribution in [0.3, 0.4) is 0 Å². The minimum atomic E-state index is -0.463. The van der Waals surface area contributed by atoms with Crippen LogP contribution in [0, 0.1) is 23.7 Å². The summed E-state index contributed by atoms with van der Waals surface area (Å²) in [5, 5.41) is 2.98. The van der Waals surface area contributed by atoms with Gasteiger partial charge in [0.05, 0.1) is 30.1 Å². The lowest BCUT2D eigenvalue weighted by Gasteiger charge is -2.28.